The van der Waals surface area contributed by atoms with Crippen LogP contribution in [0.3, 0.4) is 0 Å². The zero-order valence-electron chi connectivity index (χ0n) is 15.4. The first-order valence-corrected chi connectivity index (χ1v) is 9.68. The minimum absolute atomic E-state index is 0.0230. The lowest BCUT2D eigenvalue weighted by Gasteiger charge is -2.38. The van der Waals surface area contributed by atoms with Gasteiger partial charge in [0.15, 0.2) is 6.61 Å². The topological polar surface area (TPSA) is 67.9 Å². The molecule has 142 valence electrons. The number of amides is 2. The number of fused-ring (bicyclic) bond motifs is 1. The van der Waals surface area contributed by atoms with Gasteiger partial charge in [0.25, 0.3) is 5.91 Å². The zero-order valence-corrected chi connectivity index (χ0v) is 15.4. The maximum Gasteiger partial charge on any atom is 0.409 e. The molecule has 1 aromatic carbocycles. The molecule has 0 radical (unpaired) electrons. The van der Waals surface area contributed by atoms with Crippen molar-refractivity contribution in [3.8, 4) is 5.75 Å². The molecule has 2 amide bonds. The number of rotatable bonds is 5. The molecule has 0 spiro atoms. The van der Waals surface area contributed by atoms with Crippen molar-refractivity contribution in [1.29, 1.82) is 0 Å². The normalized spacial score (nSPS) is 20.7. The van der Waals surface area contributed by atoms with Crippen LogP contribution in [0.4, 0.5) is 4.79 Å². The third-order valence-electron chi connectivity index (χ3n) is 5.06. The lowest BCUT2D eigenvalue weighted by atomic mass is 9.93. The van der Waals surface area contributed by atoms with Crippen LogP contribution in [0.1, 0.15) is 63.7 Å². The molecule has 6 heteroatoms. The van der Waals surface area contributed by atoms with Crippen molar-refractivity contribution in [2.24, 2.45) is 0 Å². The van der Waals surface area contributed by atoms with E-state index in [-0.39, 0.29) is 18.6 Å². The van der Waals surface area contributed by atoms with Gasteiger partial charge in [0.2, 0.25) is 6.23 Å². The van der Waals surface area contributed by atoms with Crippen molar-refractivity contribution >= 4 is 12.0 Å². The molecule has 0 aromatic heterocycles. The number of unbranched alkanes of at least 4 members (excludes halogenated alkanes) is 1. The number of ether oxygens (including phenoxy) is 2. The molecule has 1 aliphatic heterocycles. The van der Waals surface area contributed by atoms with E-state index in [1.165, 1.54) is 6.42 Å². The van der Waals surface area contributed by atoms with Crippen molar-refractivity contribution in [3.05, 3.63) is 29.8 Å². The van der Waals surface area contributed by atoms with E-state index < -0.39 is 12.3 Å². The molecular formula is C20H28N2O4. The van der Waals surface area contributed by atoms with Gasteiger partial charge in [0, 0.05) is 12.6 Å². The van der Waals surface area contributed by atoms with E-state index in [1.807, 2.05) is 24.3 Å². The Hall–Kier alpha value is -2.24. The average molecular weight is 360 g/mol. The molecule has 1 N–H and O–H groups in total. The quantitative estimate of drug-likeness (QED) is 0.812. The Morgan fingerprint density at radius 2 is 2.04 bits per heavy atom. The molecule has 2 aliphatic rings. The van der Waals surface area contributed by atoms with E-state index in [0.717, 1.165) is 44.1 Å². The Kier molecular flexibility index (Phi) is 6.36. The van der Waals surface area contributed by atoms with E-state index in [0.29, 0.717) is 12.3 Å². The highest BCUT2D eigenvalue weighted by molar-refractivity contribution is 5.80. The van der Waals surface area contributed by atoms with Crippen LogP contribution in [-0.2, 0) is 9.53 Å². The van der Waals surface area contributed by atoms with Crippen LogP contribution >= 0.6 is 0 Å². The highest BCUT2D eigenvalue weighted by Gasteiger charge is 2.38. The maximum atomic E-state index is 12.8. The number of hydrogen-bond donors (Lipinski definition) is 1. The second-order valence-corrected chi connectivity index (χ2v) is 6.96. The van der Waals surface area contributed by atoms with E-state index in [2.05, 4.69) is 12.2 Å². The van der Waals surface area contributed by atoms with Crippen LogP contribution in [-0.4, -0.2) is 36.1 Å². The first kappa shape index (κ1) is 18.5. The fraction of sp³-hybridized carbons (Fsp3) is 0.600. The summed E-state index contributed by atoms with van der Waals surface area (Å²) in [6.45, 7) is 2.61. The molecule has 1 unspecified atom stereocenters. The number of carbonyl (C=O) groups is 2. The maximum absolute atomic E-state index is 12.8. The molecule has 1 heterocycles. The summed E-state index contributed by atoms with van der Waals surface area (Å²) in [5, 5.41) is 2.78. The predicted molar refractivity (Wildman–Crippen MR) is 97.8 cm³/mol. The molecule has 1 atom stereocenters. The van der Waals surface area contributed by atoms with Gasteiger partial charge in [-0.2, -0.15) is 0 Å². The van der Waals surface area contributed by atoms with Gasteiger partial charge in [-0.1, -0.05) is 44.7 Å². The highest BCUT2D eigenvalue weighted by Crippen LogP contribution is 2.37. The Morgan fingerprint density at radius 3 is 2.81 bits per heavy atom. The summed E-state index contributed by atoms with van der Waals surface area (Å²) < 4.78 is 11.4. The molecule has 0 saturated heterocycles. The smallest absolute Gasteiger partial charge is 0.409 e. The summed E-state index contributed by atoms with van der Waals surface area (Å²) in [6, 6.07) is 7.51. The molecule has 1 aromatic rings. The van der Waals surface area contributed by atoms with Crippen LogP contribution in [0.5, 0.6) is 5.75 Å². The number of alkyl carbamates (subject to hydrolysis) is 1. The van der Waals surface area contributed by atoms with Gasteiger partial charge in [0.1, 0.15) is 5.75 Å². The highest BCUT2D eigenvalue weighted by atomic mass is 16.6. The fourth-order valence-electron chi connectivity index (χ4n) is 3.70. The standard InChI is InChI=1S/C20H28N2O4/c1-2-3-13-21-20(24)26-19-16-11-7-8-12-17(16)25-14-18(23)22(19)15-9-5-4-6-10-15/h7-8,11-12,15,19H,2-6,9-10,13-14H2,1H3,(H,21,24). The number of nitrogens with one attached hydrogen (secondary N) is 1. The fourth-order valence-corrected chi connectivity index (χ4v) is 3.70. The first-order chi connectivity index (χ1) is 12.7. The van der Waals surface area contributed by atoms with E-state index in [1.54, 1.807) is 4.90 Å². The van der Waals surface area contributed by atoms with Crippen LogP contribution < -0.4 is 10.1 Å². The van der Waals surface area contributed by atoms with E-state index in [9.17, 15) is 9.59 Å². The second-order valence-electron chi connectivity index (χ2n) is 6.96. The lowest BCUT2D eigenvalue weighted by molar-refractivity contribution is -0.148. The summed E-state index contributed by atoms with van der Waals surface area (Å²) in [5.41, 5.74) is 0.731. The molecule has 26 heavy (non-hydrogen) atoms. The summed E-state index contributed by atoms with van der Waals surface area (Å²) in [4.78, 5) is 26.9. The zero-order chi connectivity index (χ0) is 18.4. The van der Waals surface area contributed by atoms with Crippen molar-refractivity contribution in [3.63, 3.8) is 0 Å². The van der Waals surface area contributed by atoms with Crippen LogP contribution in [0, 0.1) is 0 Å². The largest absolute Gasteiger partial charge is 0.483 e. The molecular weight excluding hydrogens is 332 g/mol. The lowest BCUT2D eigenvalue weighted by Crippen LogP contribution is -2.46. The minimum atomic E-state index is -0.745. The monoisotopic (exact) mass is 360 g/mol. The van der Waals surface area contributed by atoms with Crippen molar-refractivity contribution in [1.82, 2.24) is 10.2 Å². The van der Waals surface area contributed by atoms with Gasteiger partial charge in [-0.05, 0) is 31.4 Å². The number of benzene rings is 1. The van der Waals surface area contributed by atoms with E-state index in [4.69, 9.17) is 9.47 Å². The van der Waals surface area contributed by atoms with Gasteiger partial charge in [-0.15, -0.1) is 0 Å². The molecule has 6 nitrogen and oxygen atoms in total. The molecule has 1 fully saturated rings. The van der Waals surface area contributed by atoms with Gasteiger partial charge < -0.3 is 14.8 Å². The van der Waals surface area contributed by atoms with Crippen molar-refractivity contribution < 1.29 is 19.1 Å². The van der Waals surface area contributed by atoms with Crippen LogP contribution in [0.15, 0.2) is 24.3 Å². The van der Waals surface area contributed by atoms with Crippen molar-refractivity contribution in [2.45, 2.75) is 64.1 Å². The third kappa shape index (κ3) is 4.29. The van der Waals surface area contributed by atoms with Gasteiger partial charge in [0.05, 0.1) is 5.56 Å². The molecule has 3 rings (SSSR count). The average Bonchev–Trinajstić information content (AvgIpc) is 2.80. The van der Waals surface area contributed by atoms with E-state index >= 15 is 0 Å². The molecule has 1 saturated carbocycles. The number of para-hydroxylation sites is 1. The van der Waals surface area contributed by atoms with Gasteiger partial charge >= 0.3 is 6.09 Å². The third-order valence-corrected chi connectivity index (χ3v) is 5.06. The SMILES string of the molecule is CCCCNC(=O)OC1c2ccccc2OCC(=O)N1C1CCCCC1. The second kappa shape index (κ2) is 8.92. The minimum Gasteiger partial charge on any atom is -0.483 e. The predicted octanol–water partition coefficient (Wildman–Crippen LogP) is 3.77. The molecule has 0 bridgehead atoms. The van der Waals surface area contributed by atoms with Crippen LogP contribution in [0.2, 0.25) is 0 Å². The number of nitrogens with zero attached hydrogens (tertiary/aromatic N) is 1. The Balaban J connectivity index is 1.86. The molecule has 1 aliphatic carbocycles. The number of hydrogen-bond acceptors (Lipinski definition) is 4. The van der Waals surface area contributed by atoms with Gasteiger partial charge in [-0.3, -0.25) is 9.69 Å². The number of carbonyl (C=O) groups excluding carboxylic acids is 2. The Bertz CT molecular complexity index is 628. The summed E-state index contributed by atoms with van der Waals surface area (Å²) in [6.07, 6.45) is 5.89. The Morgan fingerprint density at radius 1 is 1.27 bits per heavy atom. The summed E-state index contributed by atoms with van der Waals surface area (Å²) >= 11 is 0. The first-order valence-electron chi connectivity index (χ1n) is 9.68. The summed E-state index contributed by atoms with van der Waals surface area (Å²) in [5.74, 6) is 0.477. The van der Waals surface area contributed by atoms with Gasteiger partial charge in [-0.25, -0.2) is 4.79 Å². The van der Waals surface area contributed by atoms with Crippen molar-refractivity contribution in [2.75, 3.05) is 13.2 Å². The van der Waals surface area contributed by atoms with Crippen LogP contribution in [0.25, 0.3) is 0 Å². The Labute approximate surface area is 154 Å². The summed E-state index contributed by atoms with van der Waals surface area (Å²) in [7, 11) is 0.